The molecule has 0 aromatic carbocycles. The van der Waals surface area contributed by atoms with Gasteiger partial charge in [-0.15, -0.1) is 0 Å². The lowest BCUT2D eigenvalue weighted by Gasteiger charge is -2.10. The molecule has 1 saturated carbocycles. The summed E-state index contributed by atoms with van der Waals surface area (Å²) in [5.74, 6) is 1.70. The van der Waals surface area contributed by atoms with Crippen LogP contribution in [0.25, 0.3) is 0 Å². The average Bonchev–Trinajstić information content (AvgIpc) is 1.86. The Morgan fingerprint density at radius 2 is 1.67 bits per heavy atom. The summed E-state index contributed by atoms with van der Waals surface area (Å²) in [6.07, 6.45) is 5.71. The van der Waals surface area contributed by atoms with E-state index in [1.165, 1.54) is 25.7 Å². The summed E-state index contributed by atoms with van der Waals surface area (Å²) in [6, 6.07) is 0. The predicted molar refractivity (Wildman–Crippen MR) is 27.4 cm³/mol. The third-order valence-electron chi connectivity index (χ3n) is 1.46. The number of hydrogen-bond acceptors (Lipinski definition) is 0. The molecule has 0 heterocycles. The normalized spacial score (nSPS) is 25.5. The van der Waals surface area contributed by atoms with Crippen molar-refractivity contribution < 1.29 is 0 Å². The fraction of sp³-hybridized carbons (Fsp3) is 0.833. The van der Waals surface area contributed by atoms with Gasteiger partial charge in [-0.3, -0.25) is 0 Å². The molecule has 0 unspecified atom stereocenters. The van der Waals surface area contributed by atoms with Crippen molar-refractivity contribution in [1.82, 2.24) is 0 Å². The van der Waals surface area contributed by atoms with E-state index < -0.39 is 0 Å². The van der Waals surface area contributed by atoms with Gasteiger partial charge in [0.1, 0.15) is 0 Å². The second-order valence-corrected chi connectivity index (χ2v) is 2.16. The van der Waals surface area contributed by atoms with E-state index in [1.54, 1.807) is 5.92 Å². The van der Waals surface area contributed by atoms with Crippen LogP contribution < -0.4 is 0 Å². The molecule has 0 heteroatoms. The molecule has 6 heavy (non-hydrogen) atoms. The molecule has 0 N–H and O–H groups in total. The monoisotopic (exact) mass is 83.1 g/mol. The van der Waals surface area contributed by atoms with E-state index in [9.17, 15) is 0 Å². The van der Waals surface area contributed by atoms with Crippen LogP contribution in [-0.4, -0.2) is 0 Å². The molecule has 0 saturated heterocycles. The van der Waals surface area contributed by atoms with Gasteiger partial charge >= 0.3 is 0 Å². The maximum absolute atomic E-state index is 2.26. The minimum absolute atomic E-state index is 1.40. The molecular weight excluding hydrogens is 72.1 g/mol. The fourth-order valence-electron chi connectivity index (χ4n) is 0.979. The third kappa shape index (κ3) is 0.735. The molecule has 0 atom stereocenters. The molecule has 0 spiro atoms. The Labute approximate surface area is 39.6 Å². The Hall–Kier alpha value is 0. The maximum Gasteiger partial charge on any atom is -0.0827 e. The summed E-state index contributed by atoms with van der Waals surface area (Å²) < 4.78 is 0. The largest absolute Gasteiger partial charge is 0.317 e. The van der Waals surface area contributed by atoms with Crippen LogP contribution in [0.3, 0.4) is 0 Å². The highest BCUT2D eigenvalue weighted by atomic mass is 14.1. The highest BCUT2D eigenvalue weighted by Crippen LogP contribution is 2.24. The molecule has 36 valence electrons. The molecule has 0 radical (unpaired) electrons. The lowest BCUT2D eigenvalue weighted by molar-refractivity contribution is 0.886. The van der Waals surface area contributed by atoms with E-state index in [0.717, 1.165) is 0 Å². The molecule has 0 amide bonds. The van der Waals surface area contributed by atoms with E-state index in [1.807, 2.05) is 0 Å². The predicted octanol–water partition coefficient (Wildman–Crippen LogP) is 2.15. The highest BCUT2D eigenvalue weighted by molar-refractivity contribution is 4.88. The van der Waals surface area contributed by atoms with E-state index in [0.29, 0.717) is 0 Å². The van der Waals surface area contributed by atoms with Crippen molar-refractivity contribution in [2.45, 2.75) is 32.6 Å². The van der Waals surface area contributed by atoms with Crippen molar-refractivity contribution in [3.05, 3.63) is 5.92 Å². The average molecular weight is 83.2 g/mol. The van der Waals surface area contributed by atoms with Gasteiger partial charge in [-0.1, -0.05) is 12.8 Å². The van der Waals surface area contributed by atoms with Crippen molar-refractivity contribution in [1.29, 1.82) is 0 Å². The Bertz CT molecular complexity index is 33.3. The van der Waals surface area contributed by atoms with Gasteiger partial charge in [-0.05, 0) is 0 Å². The molecular formula is C6H11-. The van der Waals surface area contributed by atoms with Gasteiger partial charge in [0.15, 0.2) is 0 Å². The van der Waals surface area contributed by atoms with Crippen LogP contribution >= 0.6 is 0 Å². The van der Waals surface area contributed by atoms with Gasteiger partial charge in [0.25, 0.3) is 0 Å². The van der Waals surface area contributed by atoms with Crippen LogP contribution in [0.5, 0.6) is 0 Å². The first kappa shape index (κ1) is 4.17. The van der Waals surface area contributed by atoms with Crippen molar-refractivity contribution in [3.8, 4) is 0 Å². The minimum Gasteiger partial charge on any atom is -0.317 e. The van der Waals surface area contributed by atoms with Crippen LogP contribution in [0.1, 0.15) is 32.6 Å². The van der Waals surface area contributed by atoms with Crippen LogP contribution in [0, 0.1) is 5.92 Å². The minimum atomic E-state index is 1.40. The van der Waals surface area contributed by atoms with Crippen molar-refractivity contribution >= 4 is 0 Å². The Kier molecular flexibility index (Phi) is 1.13. The molecule has 0 aromatic heterocycles. The first-order valence-corrected chi connectivity index (χ1v) is 2.71. The lowest BCUT2D eigenvalue weighted by atomic mass is 10.2. The summed E-state index contributed by atoms with van der Waals surface area (Å²) in [6.45, 7) is 2.26. The Morgan fingerprint density at radius 3 is 1.83 bits per heavy atom. The molecule has 0 aromatic rings. The Morgan fingerprint density at radius 1 is 1.17 bits per heavy atom. The molecule has 0 bridgehead atoms. The summed E-state index contributed by atoms with van der Waals surface area (Å²) in [5.41, 5.74) is 0. The van der Waals surface area contributed by atoms with Gasteiger partial charge in [0, 0.05) is 0 Å². The summed E-state index contributed by atoms with van der Waals surface area (Å²) in [4.78, 5) is 0. The summed E-state index contributed by atoms with van der Waals surface area (Å²) >= 11 is 0. The maximum atomic E-state index is 2.26. The Balaban J connectivity index is 2.18. The van der Waals surface area contributed by atoms with Crippen LogP contribution in [0.4, 0.5) is 0 Å². The van der Waals surface area contributed by atoms with Gasteiger partial charge in [0.2, 0.25) is 0 Å². The van der Waals surface area contributed by atoms with Crippen molar-refractivity contribution in [2.24, 2.45) is 0 Å². The molecule has 0 nitrogen and oxygen atoms in total. The molecule has 1 rings (SSSR count). The zero-order valence-corrected chi connectivity index (χ0v) is 4.33. The van der Waals surface area contributed by atoms with Crippen LogP contribution in [-0.2, 0) is 0 Å². The number of rotatable bonds is 0. The summed E-state index contributed by atoms with van der Waals surface area (Å²) in [7, 11) is 0. The van der Waals surface area contributed by atoms with Gasteiger partial charge in [-0.25, -0.2) is 0 Å². The van der Waals surface area contributed by atoms with E-state index in [4.69, 9.17) is 0 Å². The van der Waals surface area contributed by atoms with Gasteiger partial charge in [0.05, 0.1) is 0 Å². The number of hydrogen-bond donors (Lipinski definition) is 0. The smallest absolute Gasteiger partial charge is 0.0827 e. The zero-order valence-electron chi connectivity index (χ0n) is 4.33. The quantitative estimate of drug-likeness (QED) is 0.394. The third-order valence-corrected chi connectivity index (χ3v) is 1.46. The van der Waals surface area contributed by atoms with Crippen LogP contribution in [0.2, 0.25) is 0 Å². The molecule has 1 fully saturated rings. The zero-order chi connectivity index (χ0) is 4.41. The fourth-order valence-corrected chi connectivity index (χ4v) is 0.979. The van der Waals surface area contributed by atoms with Gasteiger partial charge < -0.3 is 5.92 Å². The SMILES string of the molecule is C[C-]1CCCC1. The second-order valence-electron chi connectivity index (χ2n) is 2.16. The van der Waals surface area contributed by atoms with Crippen molar-refractivity contribution in [3.63, 3.8) is 0 Å². The van der Waals surface area contributed by atoms with Crippen molar-refractivity contribution in [2.75, 3.05) is 0 Å². The van der Waals surface area contributed by atoms with E-state index in [2.05, 4.69) is 6.92 Å². The highest BCUT2D eigenvalue weighted by Gasteiger charge is 1.94. The molecule has 0 aliphatic heterocycles. The van der Waals surface area contributed by atoms with Crippen LogP contribution in [0.15, 0.2) is 0 Å². The van der Waals surface area contributed by atoms with Gasteiger partial charge in [-0.2, -0.15) is 19.8 Å². The lowest BCUT2D eigenvalue weighted by Crippen LogP contribution is -1.74. The topological polar surface area (TPSA) is 0 Å². The van der Waals surface area contributed by atoms with E-state index >= 15 is 0 Å². The standard InChI is InChI=1S/C6H11/c1-6-4-2-3-5-6/h2-5H2,1H3/q-1. The van der Waals surface area contributed by atoms with E-state index in [-0.39, 0.29) is 0 Å². The molecule has 1 aliphatic carbocycles. The second kappa shape index (κ2) is 1.63. The molecule has 1 aliphatic rings. The first-order valence-electron chi connectivity index (χ1n) is 2.71. The summed E-state index contributed by atoms with van der Waals surface area (Å²) in [5, 5.41) is 0. The first-order chi connectivity index (χ1) is 2.89.